The quantitative estimate of drug-likeness (QED) is 0.804. The van der Waals surface area contributed by atoms with E-state index in [-0.39, 0.29) is 0 Å². The van der Waals surface area contributed by atoms with Crippen molar-refractivity contribution >= 4 is 5.97 Å². The predicted octanol–water partition coefficient (Wildman–Crippen LogP) is 3.88. The number of esters is 1. The molecule has 21 heavy (non-hydrogen) atoms. The molecule has 0 aliphatic heterocycles. The Labute approximate surface area is 125 Å². The predicted molar refractivity (Wildman–Crippen MR) is 83.6 cm³/mol. The number of carbonyl (C=O) groups is 1. The molecule has 0 unspecified atom stereocenters. The number of ether oxygens (including phenoxy) is 2. The summed E-state index contributed by atoms with van der Waals surface area (Å²) in [4.78, 5) is 15.7. The summed E-state index contributed by atoms with van der Waals surface area (Å²) in [5.74, 6) is 0.425. The molecule has 1 aromatic carbocycles. The minimum atomic E-state index is -0.392. The van der Waals surface area contributed by atoms with E-state index in [0.29, 0.717) is 5.56 Å². The van der Waals surface area contributed by atoms with E-state index in [1.54, 1.807) is 19.4 Å². The topological polar surface area (TPSA) is 48.4 Å². The number of methoxy groups -OCH3 is 2. The number of aromatic nitrogens is 1. The zero-order chi connectivity index (χ0) is 15.8. The lowest BCUT2D eigenvalue weighted by molar-refractivity contribution is 0.0601. The molecule has 0 spiro atoms. The highest BCUT2D eigenvalue weighted by molar-refractivity contribution is 5.96. The molecular weight excluding hydrogens is 266 g/mol. The minimum Gasteiger partial charge on any atom is -0.496 e. The Balaban J connectivity index is 0.00000106. The van der Waals surface area contributed by atoms with Crippen LogP contribution >= 0.6 is 0 Å². The Morgan fingerprint density at radius 3 is 2.43 bits per heavy atom. The molecule has 0 saturated heterocycles. The fourth-order valence-electron chi connectivity index (χ4n) is 1.96. The first-order chi connectivity index (χ1) is 10.2. The molecule has 4 nitrogen and oxygen atoms in total. The number of nitrogens with zero attached hydrogens (tertiary/aromatic N) is 1. The second-order valence-corrected chi connectivity index (χ2v) is 4.10. The lowest BCUT2D eigenvalue weighted by atomic mass is 10.00. The number of carbonyl (C=O) groups excluding carboxylic acids is 1. The van der Waals surface area contributed by atoms with Gasteiger partial charge in [0.2, 0.25) is 0 Å². The average Bonchev–Trinajstić information content (AvgIpc) is 2.56. The van der Waals surface area contributed by atoms with Gasteiger partial charge in [-0.1, -0.05) is 19.9 Å². The average molecular weight is 287 g/mol. The number of hydrogen-bond acceptors (Lipinski definition) is 4. The summed E-state index contributed by atoms with van der Waals surface area (Å²) in [5.41, 5.74) is 3.19. The van der Waals surface area contributed by atoms with Gasteiger partial charge in [0, 0.05) is 12.4 Å². The molecule has 0 fully saturated rings. The van der Waals surface area contributed by atoms with E-state index in [4.69, 9.17) is 9.47 Å². The summed E-state index contributed by atoms with van der Waals surface area (Å²) in [6, 6.07) is 7.56. The van der Waals surface area contributed by atoms with Crippen LogP contribution in [0.5, 0.6) is 5.75 Å². The van der Waals surface area contributed by atoms with Crippen LogP contribution in [0.3, 0.4) is 0 Å². The third kappa shape index (κ3) is 3.81. The van der Waals surface area contributed by atoms with Gasteiger partial charge < -0.3 is 9.47 Å². The van der Waals surface area contributed by atoms with Gasteiger partial charge in [0.25, 0.3) is 0 Å². The molecule has 0 bridgehead atoms. The largest absolute Gasteiger partial charge is 0.496 e. The van der Waals surface area contributed by atoms with E-state index in [2.05, 4.69) is 4.98 Å². The first-order valence-corrected chi connectivity index (χ1v) is 6.84. The van der Waals surface area contributed by atoms with E-state index in [9.17, 15) is 4.79 Å². The van der Waals surface area contributed by atoms with Gasteiger partial charge in [-0.25, -0.2) is 4.79 Å². The van der Waals surface area contributed by atoms with E-state index in [1.807, 2.05) is 39.0 Å². The normalized spacial score (nSPS) is 9.38. The summed E-state index contributed by atoms with van der Waals surface area (Å²) >= 11 is 0. The first kappa shape index (κ1) is 16.7. The van der Waals surface area contributed by atoms with E-state index < -0.39 is 5.97 Å². The van der Waals surface area contributed by atoms with Crippen LogP contribution in [-0.4, -0.2) is 25.2 Å². The Morgan fingerprint density at radius 2 is 1.86 bits per heavy atom. The molecule has 0 aliphatic rings. The van der Waals surface area contributed by atoms with Crippen molar-refractivity contribution in [3.8, 4) is 16.9 Å². The smallest absolute Gasteiger partial charge is 0.340 e. The van der Waals surface area contributed by atoms with Crippen molar-refractivity contribution in [2.75, 3.05) is 14.2 Å². The molecule has 1 aromatic heterocycles. The maximum absolute atomic E-state index is 11.7. The molecule has 0 saturated carbocycles. The fraction of sp³-hybridized carbons (Fsp3) is 0.294. The van der Waals surface area contributed by atoms with Crippen LogP contribution in [-0.2, 0) is 4.74 Å². The van der Waals surface area contributed by atoms with Crippen molar-refractivity contribution in [2.45, 2.75) is 20.8 Å². The fourth-order valence-corrected chi connectivity index (χ4v) is 1.96. The van der Waals surface area contributed by atoms with Gasteiger partial charge in [-0.2, -0.15) is 0 Å². The van der Waals surface area contributed by atoms with Crippen molar-refractivity contribution in [1.82, 2.24) is 4.98 Å². The zero-order valence-corrected chi connectivity index (χ0v) is 13.1. The molecular formula is C17H21NO3. The summed E-state index contributed by atoms with van der Waals surface area (Å²) in [5, 5.41) is 0. The third-order valence-corrected chi connectivity index (χ3v) is 2.93. The molecule has 4 heteroatoms. The summed E-state index contributed by atoms with van der Waals surface area (Å²) in [6.07, 6.45) is 3.17. The zero-order valence-electron chi connectivity index (χ0n) is 13.1. The SMILES string of the molecule is CC.COC(=O)c1cnccc1-c1ccc(OC)c(C)c1. The maximum atomic E-state index is 11.7. The lowest BCUT2D eigenvalue weighted by Gasteiger charge is -2.10. The van der Waals surface area contributed by atoms with Gasteiger partial charge in [0.15, 0.2) is 0 Å². The van der Waals surface area contributed by atoms with Crippen LogP contribution in [0.25, 0.3) is 11.1 Å². The van der Waals surface area contributed by atoms with E-state index in [0.717, 1.165) is 22.4 Å². The number of pyridine rings is 1. The Bertz CT molecular complexity index is 609. The molecule has 2 aromatic rings. The highest BCUT2D eigenvalue weighted by atomic mass is 16.5. The van der Waals surface area contributed by atoms with Crippen molar-refractivity contribution in [3.63, 3.8) is 0 Å². The van der Waals surface area contributed by atoms with Gasteiger partial charge in [0.1, 0.15) is 5.75 Å². The van der Waals surface area contributed by atoms with Gasteiger partial charge in [-0.05, 0) is 41.8 Å². The molecule has 0 N–H and O–H groups in total. The molecule has 1 heterocycles. The van der Waals surface area contributed by atoms with Gasteiger partial charge in [0.05, 0.1) is 19.8 Å². The second-order valence-electron chi connectivity index (χ2n) is 4.10. The summed E-state index contributed by atoms with van der Waals surface area (Å²) in [7, 11) is 2.99. The Kier molecular flexibility index (Phi) is 6.40. The molecule has 112 valence electrons. The minimum absolute atomic E-state index is 0.392. The van der Waals surface area contributed by atoms with Gasteiger partial charge in [-0.3, -0.25) is 4.98 Å². The lowest BCUT2D eigenvalue weighted by Crippen LogP contribution is -2.04. The molecule has 2 rings (SSSR count). The van der Waals surface area contributed by atoms with Gasteiger partial charge >= 0.3 is 5.97 Å². The summed E-state index contributed by atoms with van der Waals surface area (Å²) < 4.78 is 10.0. The number of hydrogen-bond donors (Lipinski definition) is 0. The highest BCUT2D eigenvalue weighted by Gasteiger charge is 2.13. The van der Waals surface area contributed by atoms with Crippen LogP contribution in [0.4, 0.5) is 0 Å². The highest BCUT2D eigenvalue weighted by Crippen LogP contribution is 2.28. The maximum Gasteiger partial charge on any atom is 0.340 e. The van der Waals surface area contributed by atoms with Crippen LogP contribution in [0, 0.1) is 6.92 Å². The third-order valence-electron chi connectivity index (χ3n) is 2.93. The van der Waals surface area contributed by atoms with Crippen molar-refractivity contribution in [2.24, 2.45) is 0 Å². The summed E-state index contributed by atoms with van der Waals surface area (Å²) in [6.45, 7) is 5.96. The molecule has 0 atom stereocenters. The first-order valence-electron chi connectivity index (χ1n) is 6.84. The molecule has 0 amide bonds. The number of rotatable bonds is 3. The van der Waals surface area contributed by atoms with Crippen molar-refractivity contribution in [3.05, 3.63) is 47.8 Å². The van der Waals surface area contributed by atoms with Crippen molar-refractivity contribution in [1.29, 1.82) is 0 Å². The van der Waals surface area contributed by atoms with Crippen molar-refractivity contribution < 1.29 is 14.3 Å². The number of benzene rings is 1. The van der Waals surface area contributed by atoms with Crippen LogP contribution in [0.2, 0.25) is 0 Å². The molecule has 0 aliphatic carbocycles. The van der Waals surface area contributed by atoms with Crippen LogP contribution in [0.1, 0.15) is 29.8 Å². The Morgan fingerprint density at radius 1 is 1.14 bits per heavy atom. The van der Waals surface area contributed by atoms with Crippen LogP contribution < -0.4 is 4.74 Å². The standard InChI is InChI=1S/C15H15NO3.C2H6/c1-10-8-11(4-5-14(10)18-2)12-6-7-16-9-13(12)15(17)19-3;1-2/h4-9H,1-3H3;1-2H3. The number of aryl methyl sites for hydroxylation is 1. The monoisotopic (exact) mass is 287 g/mol. The van der Waals surface area contributed by atoms with E-state index in [1.165, 1.54) is 13.3 Å². The van der Waals surface area contributed by atoms with Crippen LogP contribution in [0.15, 0.2) is 36.7 Å². The molecule has 0 radical (unpaired) electrons. The van der Waals surface area contributed by atoms with E-state index >= 15 is 0 Å². The van der Waals surface area contributed by atoms with Gasteiger partial charge in [-0.15, -0.1) is 0 Å². The Hall–Kier alpha value is -2.36. The second kappa shape index (κ2) is 8.04.